The van der Waals surface area contributed by atoms with Crippen molar-refractivity contribution in [1.82, 2.24) is 0 Å². The number of carbonyl (C=O) groups is 3. The molecular weight excluding hydrogens is 877 g/mol. The van der Waals surface area contributed by atoms with Crippen LogP contribution in [-0.4, -0.2) is 37.2 Å². The predicted octanol–water partition coefficient (Wildman–Crippen LogP) is 20.5. The summed E-state index contributed by atoms with van der Waals surface area (Å²) in [7, 11) is 0. The molecule has 0 rings (SSSR count). The van der Waals surface area contributed by atoms with Crippen LogP contribution in [0.4, 0.5) is 0 Å². The molecule has 0 aliphatic heterocycles. The average Bonchev–Trinajstić information content (AvgIpc) is 3.37. The van der Waals surface area contributed by atoms with Crippen molar-refractivity contribution in [1.29, 1.82) is 0 Å². The number of hydrogen-bond acceptors (Lipinski definition) is 6. The molecule has 0 radical (unpaired) electrons. The number of carbonyl (C=O) groups excluding carboxylic acids is 3. The molecule has 0 aromatic rings. The van der Waals surface area contributed by atoms with Gasteiger partial charge in [-0.05, 0) is 83.5 Å². The summed E-state index contributed by atoms with van der Waals surface area (Å²) < 4.78 is 16.8. The van der Waals surface area contributed by atoms with Gasteiger partial charge in [0.2, 0.25) is 0 Å². The van der Waals surface area contributed by atoms with Gasteiger partial charge in [0.15, 0.2) is 6.10 Å². The van der Waals surface area contributed by atoms with E-state index < -0.39 is 6.10 Å². The fourth-order valence-corrected chi connectivity index (χ4v) is 8.65. The zero-order chi connectivity index (χ0) is 51.4. The predicted molar refractivity (Wildman–Crippen MR) is 307 cm³/mol. The highest BCUT2D eigenvalue weighted by Crippen LogP contribution is 2.17. The van der Waals surface area contributed by atoms with Gasteiger partial charge < -0.3 is 14.2 Å². The lowest BCUT2D eigenvalue weighted by atomic mass is 10.0. The molecule has 0 bridgehead atoms. The minimum atomic E-state index is -0.773. The molecule has 0 aromatic carbocycles. The Morgan fingerprint density at radius 1 is 0.296 bits per heavy atom. The Morgan fingerprint density at radius 3 is 0.930 bits per heavy atom. The smallest absolute Gasteiger partial charge is 0.306 e. The Balaban J connectivity index is 4.08. The first-order chi connectivity index (χ1) is 35.0. The van der Waals surface area contributed by atoms with Crippen LogP contribution in [0.25, 0.3) is 0 Å². The fourth-order valence-electron chi connectivity index (χ4n) is 8.65. The molecular formula is C65H114O6. The lowest BCUT2D eigenvalue weighted by molar-refractivity contribution is -0.167. The first kappa shape index (κ1) is 67.8. The molecule has 0 saturated heterocycles. The Hall–Kier alpha value is -3.15. The van der Waals surface area contributed by atoms with E-state index in [9.17, 15) is 14.4 Å². The normalized spacial score (nSPS) is 12.5. The number of unbranched alkanes of at least 4 members (excludes halogenated alkanes) is 32. The van der Waals surface area contributed by atoms with Gasteiger partial charge in [-0.3, -0.25) is 14.4 Å². The van der Waals surface area contributed by atoms with Crippen molar-refractivity contribution < 1.29 is 28.6 Å². The molecule has 0 saturated carbocycles. The number of ether oxygens (including phenoxy) is 3. The van der Waals surface area contributed by atoms with Gasteiger partial charge in [-0.2, -0.15) is 0 Å². The van der Waals surface area contributed by atoms with Gasteiger partial charge in [0.1, 0.15) is 13.2 Å². The quantitative estimate of drug-likeness (QED) is 0.0261. The van der Waals surface area contributed by atoms with Gasteiger partial charge >= 0.3 is 17.9 Å². The Kier molecular flexibility index (Phi) is 56.8. The van der Waals surface area contributed by atoms with Gasteiger partial charge in [0.05, 0.1) is 0 Å². The monoisotopic (exact) mass is 991 g/mol. The van der Waals surface area contributed by atoms with Crippen LogP contribution in [0.5, 0.6) is 0 Å². The molecule has 410 valence electrons. The number of allylic oxidation sites excluding steroid dienone is 12. The summed E-state index contributed by atoms with van der Waals surface area (Å²) in [5.74, 6) is -0.874. The topological polar surface area (TPSA) is 78.9 Å². The third kappa shape index (κ3) is 57.6. The van der Waals surface area contributed by atoms with Gasteiger partial charge in [0, 0.05) is 19.3 Å². The third-order valence-corrected chi connectivity index (χ3v) is 13.2. The largest absolute Gasteiger partial charge is 0.462 e. The minimum absolute atomic E-state index is 0.0740. The van der Waals surface area contributed by atoms with Crippen molar-refractivity contribution in [2.45, 2.75) is 309 Å². The van der Waals surface area contributed by atoms with E-state index in [2.05, 4.69) is 93.7 Å². The molecule has 0 spiro atoms. The molecule has 0 aromatic heterocycles. The van der Waals surface area contributed by atoms with Crippen molar-refractivity contribution >= 4 is 17.9 Å². The minimum Gasteiger partial charge on any atom is -0.462 e. The Morgan fingerprint density at radius 2 is 0.577 bits per heavy atom. The second-order valence-corrected chi connectivity index (χ2v) is 20.2. The molecule has 6 nitrogen and oxygen atoms in total. The van der Waals surface area contributed by atoms with Crippen molar-refractivity contribution in [2.24, 2.45) is 0 Å². The molecule has 0 fully saturated rings. The van der Waals surface area contributed by atoms with Crippen molar-refractivity contribution in [3.63, 3.8) is 0 Å². The molecule has 0 heterocycles. The first-order valence-corrected chi connectivity index (χ1v) is 30.4. The van der Waals surface area contributed by atoms with Crippen LogP contribution in [0.2, 0.25) is 0 Å². The lowest BCUT2D eigenvalue weighted by Crippen LogP contribution is -2.30. The molecule has 0 N–H and O–H groups in total. The zero-order valence-corrected chi connectivity index (χ0v) is 47.0. The summed E-state index contributed by atoms with van der Waals surface area (Å²) in [6.07, 6.45) is 76.4. The van der Waals surface area contributed by atoms with Crippen molar-refractivity contribution in [3.05, 3.63) is 72.9 Å². The van der Waals surface area contributed by atoms with Crippen molar-refractivity contribution in [2.75, 3.05) is 13.2 Å². The maximum absolute atomic E-state index is 12.8. The van der Waals surface area contributed by atoms with Crippen molar-refractivity contribution in [3.8, 4) is 0 Å². The van der Waals surface area contributed by atoms with E-state index in [4.69, 9.17) is 14.2 Å². The summed E-state index contributed by atoms with van der Waals surface area (Å²) in [4.78, 5) is 38.0. The van der Waals surface area contributed by atoms with Gasteiger partial charge in [0.25, 0.3) is 0 Å². The fraction of sp³-hybridized carbons (Fsp3) is 0.769. The SMILES string of the molecule is CC/C=C\C/C=C\C/C=C\C/C=C\C/C=C\CCCCCCCCCCCCCCCCCC(=O)OCC(COC(=O)CCCCCCC/C=C\CCC)OC(=O)CCCCCCCCCCCCCC. The Bertz CT molecular complexity index is 1320. The number of hydrogen-bond donors (Lipinski definition) is 0. The second-order valence-electron chi connectivity index (χ2n) is 20.2. The van der Waals surface area contributed by atoms with Crippen LogP contribution in [-0.2, 0) is 28.6 Å². The maximum Gasteiger partial charge on any atom is 0.306 e. The zero-order valence-electron chi connectivity index (χ0n) is 47.0. The van der Waals surface area contributed by atoms with Crippen LogP contribution < -0.4 is 0 Å². The third-order valence-electron chi connectivity index (χ3n) is 13.2. The number of esters is 3. The highest BCUT2D eigenvalue weighted by molar-refractivity contribution is 5.71. The highest BCUT2D eigenvalue weighted by Gasteiger charge is 2.19. The van der Waals surface area contributed by atoms with Crippen LogP contribution in [0.1, 0.15) is 303 Å². The Labute approximate surface area is 440 Å². The summed E-state index contributed by atoms with van der Waals surface area (Å²) in [5.41, 5.74) is 0. The highest BCUT2D eigenvalue weighted by atomic mass is 16.6. The van der Waals surface area contributed by atoms with E-state index in [1.54, 1.807) is 0 Å². The summed E-state index contributed by atoms with van der Waals surface area (Å²) in [6, 6.07) is 0. The molecule has 0 amide bonds. The standard InChI is InChI=1S/C65H114O6/c1-4-7-10-13-16-19-22-24-25-26-27-28-29-30-31-32-33-34-35-36-37-38-39-40-41-42-44-46-49-52-55-58-64(67)70-61-62(60-69-63(66)57-54-51-48-45-21-18-15-12-9-6-3)71-65(68)59-56-53-50-47-43-23-20-17-14-11-8-5-2/h7,10,12,15-16,19,24-25,27-28,30-31,62H,4-6,8-9,11,13-14,17-18,20-23,26,29,32-61H2,1-3H3/b10-7-,15-12-,19-16-,25-24-,28-27-,31-30-. The second kappa shape index (κ2) is 59.4. The molecule has 1 unspecified atom stereocenters. The van der Waals surface area contributed by atoms with Gasteiger partial charge in [-0.25, -0.2) is 0 Å². The van der Waals surface area contributed by atoms with Crippen LogP contribution >= 0.6 is 0 Å². The summed E-state index contributed by atoms with van der Waals surface area (Å²) >= 11 is 0. The van der Waals surface area contributed by atoms with E-state index in [0.717, 1.165) is 103 Å². The first-order valence-electron chi connectivity index (χ1n) is 30.4. The molecule has 71 heavy (non-hydrogen) atoms. The molecule has 0 aliphatic rings. The molecule has 1 atom stereocenters. The van der Waals surface area contributed by atoms with Crippen LogP contribution in [0, 0.1) is 0 Å². The van der Waals surface area contributed by atoms with E-state index in [0.29, 0.717) is 19.3 Å². The van der Waals surface area contributed by atoms with E-state index >= 15 is 0 Å². The van der Waals surface area contributed by atoms with E-state index in [1.807, 2.05) is 0 Å². The van der Waals surface area contributed by atoms with E-state index in [-0.39, 0.29) is 31.1 Å². The summed E-state index contributed by atoms with van der Waals surface area (Å²) in [6.45, 7) is 6.48. The average molecular weight is 992 g/mol. The summed E-state index contributed by atoms with van der Waals surface area (Å²) in [5, 5.41) is 0. The van der Waals surface area contributed by atoms with Crippen LogP contribution in [0.15, 0.2) is 72.9 Å². The lowest BCUT2D eigenvalue weighted by Gasteiger charge is -2.18. The van der Waals surface area contributed by atoms with E-state index in [1.165, 1.54) is 161 Å². The molecule has 6 heteroatoms. The number of rotatable bonds is 55. The van der Waals surface area contributed by atoms with Gasteiger partial charge in [-0.15, -0.1) is 0 Å². The molecule has 0 aliphatic carbocycles. The maximum atomic E-state index is 12.8. The van der Waals surface area contributed by atoms with Gasteiger partial charge in [-0.1, -0.05) is 273 Å². The van der Waals surface area contributed by atoms with Crippen LogP contribution in [0.3, 0.4) is 0 Å².